The van der Waals surface area contributed by atoms with Crippen LogP contribution >= 0.6 is 24.8 Å². The van der Waals surface area contributed by atoms with Crippen molar-refractivity contribution in [2.24, 2.45) is 0 Å². The fourth-order valence-corrected chi connectivity index (χ4v) is 1.27. The molecule has 0 aliphatic carbocycles. The Morgan fingerprint density at radius 3 is 2.64 bits per heavy atom. The topological polar surface area (TPSA) is 9.23 Å². The van der Waals surface area contributed by atoms with Gasteiger partial charge >= 0.3 is 0 Å². The van der Waals surface area contributed by atoms with Crippen molar-refractivity contribution in [3.8, 4) is 0 Å². The molecule has 0 amide bonds. The normalized spacial score (nSPS) is 9.27. The number of benzene rings is 1. The van der Waals surface area contributed by atoms with Crippen LogP contribution < -0.4 is 0 Å². The summed E-state index contributed by atoms with van der Waals surface area (Å²) < 4.78 is 4.90. The van der Waals surface area contributed by atoms with Crippen LogP contribution in [-0.4, -0.2) is 12.2 Å². The highest BCUT2D eigenvalue weighted by atomic mass is 32.1. The molecule has 0 N–H and O–H groups in total. The number of thiocarbonyl (C=S) groups is 1. The molecule has 0 bridgehead atoms. The summed E-state index contributed by atoms with van der Waals surface area (Å²) in [5.74, 6) is 0. The third kappa shape index (κ3) is 1.94. The van der Waals surface area contributed by atoms with Crippen molar-refractivity contribution in [3.05, 3.63) is 29.8 Å². The van der Waals surface area contributed by atoms with Gasteiger partial charge in [-0.3, -0.25) is 0 Å². The second-order valence-electron chi connectivity index (χ2n) is 2.01. The van der Waals surface area contributed by atoms with E-state index in [4.69, 9.17) is 17.0 Å². The molecule has 11 heavy (non-hydrogen) atoms. The maximum atomic E-state index is 4.94. The van der Waals surface area contributed by atoms with Crippen LogP contribution in [0.3, 0.4) is 0 Å². The number of thiol groups is 1. The number of hydrogen-bond acceptors (Lipinski definition) is 3. The lowest BCUT2D eigenvalue weighted by Crippen LogP contribution is -1.99. The Morgan fingerprint density at radius 2 is 2.09 bits per heavy atom. The molecule has 0 saturated heterocycles. The molecule has 0 aliphatic rings. The maximum Gasteiger partial charge on any atom is 0.191 e. The summed E-state index contributed by atoms with van der Waals surface area (Å²) in [7, 11) is 1.56. The Hall–Kier alpha value is -0.540. The van der Waals surface area contributed by atoms with E-state index >= 15 is 0 Å². The molecular formula is C8H8OS2. The summed E-state index contributed by atoms with van der Waals surface area (Å²) in [5.41, 5.74) is 0.869. The highest BCUT2D eigenvalue weighted by molar-refractivity contribution is 7.81. The molecule has 0 aromatic heterocycles. The molecule has 3 heteroatoms. The van der Waals surface area contributed by atoms with Gasteiger partial charge in [0.25, 0.3) is 0 Å². The molecule has 0 saturated carbocycles. The highest BCUT2D eigenvalue weighted by Crippen LogP contribution is 2.13. The Balaban J connectivity index is 3.03. The van der Waals surface area contributed by atoms with Crippen molar-refractivity contribution in [1.82, 2.24) is 0 Å². The van der Waals surface area contributed by atoms with Gasteiger partial charge in [0.15, 0.2) is 5.05 Å². The lowest BCUT2D eigenvalue weighted by atomic mass is 10.2. The molecule has 0 heterocycles. The molecular weight excluding hydrogens is 176 g/mol. The minimum atomic E-state index is 0.482. The van der Waals surface area contributed by atoms with Crippen LogP contribution in [0.4, 0.5) is 0 Å². The molecule has 0 fully saturated rings. The molecule has 58 valence electrons. The third-order valence-corrected chi connectivity index (χ3v) is 2.09. The summed E-state index contributed by atoms with van der Waals surface area (Å²) in [4.78, 5) is 0.847. The van der Waals surface area contributed by atoms with Crippen molar-refractivity contribution in [2.75, 3.05) is 7.11 Å². The van der Waals surface area contributed by atoms with Gasteiger partial charge < -0.3 is 4.74 Å². The van der Waals surface area contributed by atoms with Crippen molar-refractivity contribution < 1.29 is 4.74 Å². The zero-order chi connectivity index (χ0) is 8.27. The van der Waals surface area contributed by atoms with Gasteiger partial charge in [-0.25, -0.2) is 0 Å². The van der Waals surface area contributed by atoms with Gasteiger partial charge in [0.05, 0.1) is 7.11 Å². The largest absolute Gasteiger partial charge is 0.486 e. The molecule has 0 unspecified atom stereocenters. The molecule has 0 spiro atoms. The van der Waals surface area contributed by atoms with Crippen LogP contribution in [0, 0.1) is 0 Å². The van der Waals surface area contributed by atoms with Gasteiger partial charge in [0, 0.05) is 10.5 Å². The molecule has 0 atom stereocenters. The maximum absolute atomic E-state index is 4.94. The molecule has 1 nitrogen and oxygen atoms in total. The van der Waals surface area contributed by atoms with Gasteiger partial charge in [0.2, 0.25) is 0 Å². The summed E-state index contributed by atoms with van der Waals surface area (Å²) >= 11 is 9.16. The first kappa shape index (κ1) is 8.56. The number of ether oxygens (including phenoxy) is 1. The van der Waals surface area contributed by atoms with E-state index < -0.39 is 0 Å². The van der Waals surface area contributed by atoms with Crippen molar-refractivity contribution in [2.45, 2.75) is 4.90 Å². The first-order valence-electron chi connectivity index (χ1n) is 3.12. The Labute approximate surface area is 76.8 Å². The first-order valence-corrected chi connectivity index (χ1v) is 3.97. The first-order chi connectivity index (χ1) is 5.25. The predicted octanol–water partition coefficient (Wildman–Crippen LogP) is 2.30. The standard InChI is InChI=1S/C8H8OS2/c1-9-8(11)6-4-2-3-5-7(6)10/h2-5,10H,1H3. The monoisotopic (exact) mass is 184 g/mol. The molecule has 0 aliphatic heterocycles. The quantitative estimate of drug-likeness (QED) is 0.530. The number of rotatable bonds is 1. The van der Waals surface area contributed by atoms with E-state index in [1.165, 1.54) is 0 Å². The van der Waals surface area contributed by atoms with Crippen LogP contribution in [0.5, 0.6) is 0 Å². The average Bonchev–Trinajstić information content (AvgIpc) is 2.04. The van der Waals surface area contributed by atoms with Crippen molar-refractivity contribution in [3.63, 3.8) is 0 Å². The zero-order valence-electron chi connectivity index (χ0n) is 6.07. The Kier molecular flexibility index (Phi) is 2.91. The Bertz CT molecular complexity index is 271. The second-order valence-corrected chi connectivity index (χ2v) is 2.86. The van der Waals surface area contributed by atoms with Crippen LogP contribution in [0.25, 0.3) is 0 Å². The zero-order valence-corrected chi connectivity index (χ0v) is 7.78. The summed E-state index contributed by atoms with van der Waals surface area (Å²) in [6.07, 6.45) is 0. The van der Waals surface area contributed by atoms with Gasteiger partial charge in [-0.2, -0.15) is 0 Å². The van der Waals surface area contributed by atoms with Gasteiger partial charge in [0.1, 0.15) is 0 Å². The van der Waals surface area contributed by atoms with E-state index in [-0.39, 0.29) is 0 Å². The molecule has 1 aromatic carbocycles. The fraction of sp³-hybridized carbons (Fsp3) is 0.125. The van der Waals surface area contributed by atoms with E-state index in [0.29, 0.717) is 5.05 Å². The summed E-state index contributed by atoms with van der Waals surface area (Å²) in [6.45, 7) is 0. The van der Waals surface area contributed by atoms with Gasteiger partial charge in [-0.15, -0.1) is 12.6 Å². The SMILES string of the molecule is COC(=S)c1ccccc1S. The molecule has 1 rings (SSSR count). The third-order valence-electron chi connectivity index (χ3n) is 1.31. The fourth-order valence-electron chi connectivity index (χ4n) is 0.756. The van der Waals surface area contributed by atoms with E-state index in [9.17, 15) is 0 Å². The lowest BCUT2D eigenvalue weighted by molar-refractivity contribution is 0.415. The Morgan fingerprint density at radius 1 is 1.45 bits per heavy atom. The van der Waals surface area contributed by atoms with E-state index in [1.54, 1.807) is 7.11 Å². The van der Waals surface area contributed by atoms with Crippen molar-refractivity contribution in [1.29, 1.82) is 0 Å². The van der Waals surface area contributed by atoms with Crippen LogP contribution in [0.2, 0.25) is 0 Å². The highest BCUT2D eigenvalue weighted by Gasteiger charge is 2.02. The second kappa shape index (κ2) is 3.74. The minimum absolute atomic E-state index is 0.482. The van der Waals surface area contributed by atoms with Crippen LogP contribution in [0.15, 0.2) is 29.2 Å². The lowest BCUT2D eigenvalue weighted by Gasteiger charge is -2.03. The summed E-state index contributed by atoms with van der Waals surface area (Å²) in [6, 6.07) is 7.57. The average molecular weight is 184 g/mol. The minimum Gasteiger partial charge on any atom is -0.486 e. The van der Waals surface area contributed by atoms with E-state index in [1.807, 2.05) is 24.3 Å². The van der Waals surface area contributed by atoms with Crippen LogP contribution in [0.1, 0.15) is 5.56 Å². The predicted molar refractivity (Wildman–Crippen MR) is 52.4 cm³/mol. The molecule has 0 radical (unpaired) electrons. The number of hydrogen-bond donors (Lipinski definition) is 1. The molecule has 1 aromatic rings. The van der Waals surface area contributed by atoms with Crippen LogP contribution in [-0.2, 0) is 4.74 Å². The smallest absolute Gasteiger partial charge is 0.191 e. The van der Waals surface area contributed by atoms with Crippen molar-refractivity contribution >= 4 is 29.9 Å². The van der Waals surface area contributed by atoms with Gasteiger partial charge in [-0.05, 0) is 24.4 Å². The van der Waals surface area contributed by atoms with E-state index in [0.717, 1.165) is 10.5 Å². The summed E-state index contributed by atoms with van der Waals surface area (Å²) in [5, 5.41) is 0.482. The van der Waals surface area contributed by atoms with E-state index in [2.05, 4.69) is 12.6 Å². The van der Waals surface area contributed by atoms with Gasteiger partial charge in [-0.1, -0.05) is 12.1 Å². The number of methoxy groups -OCH3 is 1.